The summed E-state index contributed by atoms with van der Waals surface area (Å²) in [5.74, 6) is 0.802. The highest BCUT2D eigenvalue weighted by Crippen LogP contribution is 2.58. The van der Waals surface area contributed by atoms with Crippen molar-refractivity contribution >= 4 is 5.97 Å². The Kier molecular flexibility index (Phi) is 2.27. The van der Waals surface area contributed by atoms with Gasteiger partial charge in [-0.25, -0.2) is 4.79 Å². The maximum absolute atomic E-state index is 11.8. The molecule has 20 heavy (non-hydrogen) atoms. The molecule has 0 bridgehead atoms. The first-order valence-corrected chi connectivity index (χ1v) is 8.22. The van der Waals surface area contributed by atoms with E-state index in [-0.39, 0.29) is 11.6 Å². The number of nitrogens with one attached hydrogen (secondary N) is 1. The van der Waals surface area contributed by atoms with Crippen molar-refractivity contribution in [1.29, 1.82) is 0 Å². The number of ether oxygens (including phenoxy) is 1. The van der Waals surface area contributed by atoms with Crippen LogP contribution in [0.5, 0.6) is 0 Å². The standard InChI is InChI=1S/C16H22N2O2/c19-14-8-11-7-12(17-9-10-4-5-10)15-16(11,20-14)13-3-1-2-6-18(13)15/h8,10,12-13,15,17H,1-7,9H2/t12?,13-,15-,16?/m1/s1. The number of hydrogen-bond donors (Lipinski definition) is 1. The van der Waals surface area contributed by atoms with Gasteiger partial charge in [0.25, 0.3) is 0 Å². The molecule has 2 unspecified atom stereocenters. The zero-order valence-corrected chi connectivity index (χ0v) is 11.8. The van der Waals surface area contributed by atoms with Crippen LogP contribution < -0.4 is 5.32 Å². The van der Waals surface area contributed by atoms with Crippen LogP contribution in [0.4, 0.5) is 0 Å². The van der Waals surface area contributed by atoms with E-state index >= 15 is 0 Å². The molecule has 2 saturated carbocycles. The monoisotopic (exact) mass is 274 g/mol. The topological polar surface area (TPSA) is 41.6 Å². The van der Waals surface area contributed by atoms with E-state index in [1.165, 1.54) is 44.2 Å². The molecule has 0 radical (unpaired) electrons. The van der Waals surface area contributed by atoms with Crippen LogP contribution in [-0.2, 0) is 9.53 Å². The van der Waals surface area contributed by atoms with Crippen LogP contribution in [0.15, 0.2) is 11.6 Å². The molecule has 4 nitrogen and oxygen atoms in total. The molecule has 0 amide bonds. The molecule has 2 saturated heterocycles. The molecule has 0 aromatic heterocycles. The first kappa shape index (κ1) is 11.8. The van der Waals surface area contributed by atoms with Crippen molar-refractivity contribution in [3.05, 3.63) is 11.6 Å². The summed E-state index contributed by atoms with van der Waals surface area (Å²) in [6, 6.07) is 1.36. The van der Waals surface area contributed by atoms with Gasteiger partial charge in [0.2, 0.25) is 0 Å². The van der Waals surface area contributed by atoms with E-state index < -0.39 is 0 Å². The molecule has 5 rings (SSSR count). The Morgan fingerprint density at radius 1 is 1.35 bits per heavy atom. The molecule has 0 aromatic rings. The van der Waals surface area contributed by atoms with E-state index in [0.29, 0.717) is 18.1 Å². The molecule has 5 aliphatic rings. The van der Waals surface area contributed by atoms with Crippen LogP contribution in [0.2, 0.25) is 0 Å². The lowest BCUT2D eigenvalue weighted by Gasteiger charge is -2.61. The molecule has 4 heteroatoms. The van der Waals surface area contributed by atoms with Crippen molar-refractivity contribution < 1.29 is 9.53 Å². The van der Waals surface area contributed by atoms with Gasteiger partial charge in [0.15, 0.2) is 5.60 Å². The fourth-order valence-corrected chi connectivity index (χ4v) is 5.08. The lowest BCUT2D eigenvalue weighted by Crippen LogP contribution is -2.79. The van der Waals surface area contributed by atoms with Crippen molar-refractivity contribution in [2.24, 2.45) is 5.92 Å². The summed E-state index contributed by atoms with van der Waals surface area (Å²) in [6.07, 6.45) is 9.34. The Bertz CT molecular complexity index is 499. The Morgan fingerprint density at radius 2 is 2.25 bits per heavy atom. The third kappa shape index (κ3) is 1.37. The first-order chi connectivity index (χ1) is 9.79. The molecule has 2 aliphatic carbocycles. The van der Waals surface area contributed by atoms with Gasteiger partial charge in [-0.2, -0.15) is 0 Å². The summed E-state index contributed by atoms with van der Waals surface area (Å²) in [5, 5.41) is 3.77. The van der Waals surface area contributed by atoms with Gasteiger partial charge >= 0.3 is 5.97 Å². The molecule has 4 fully saturated rings. The van der Waals surface area contributed by atoms with Gasteiger partial charge in [0, 0.05) is 12.1 Å². The van der Waals surface area contributed by atoms with Gasteiger partial charge in [0.05, 0.1) is 12.1 Å². The normalized spacial score (nSPS) is 46.1. The highest BCUT2D eigenvalue weighted by molar-refractivity contribution is 5.88. The summed E-state index contributed by atoms with van der Waals surface area (Å²) in [5.41, 5.74) is 1.04. The number of carbonyl (C=O) groups is 1. The second-order valence-electron chi connectivity index (χ2n) is 7.24. The molecule has 1 N–H and O–H groups in total. The second-order valence-corrected chi connectivity index (χ2v) is 7.24. The molecule has 108 valence electrons. The van der Waals surface area contributed by atoms with Crippen molar-refractivity contribution in [3.8, 4) is 0 Å². The quantitative estimate of drug-likeness (QED) is 0.786. The van der Waals surface area contributed by atoms with Gasteiger partial charge in [-0.3, -0.25) is 4.90 Å². The molecular formula is C16H22N2O2. The van der Waals surface area contributed by atoms with E-state index in [1.807, 2.05) is 0 Å². The number of esters is 1. The summed E-state index contributed by atoms with van der Waals surface area (Å²) in [7, 11) is 0. The third-order valence-electron chi connectivity index (χ3n) is 6.09. The van der Waals surface area contributed by atoms with Crippen LogP contribution in [0.1, 0.15) is 38.5 Å². The van der Waals surface area contributed by atoms with Crippen molar-refractivity contribution in [3.63, 3.8) is 0 Å². The van der Waals surface area contributed by atoms with Crippen molar-refractivity contribution in [2.45, 2.75) is 62.3 Å². The molecular weight excluding hydrogens is 252 g/mol. The number of hydrogen-bond acceptors (Lipinski definition) is 4. The Hall–Kier alpha value is -0.870. The zero-order chi connectivity index (χ0) is 13.3. The molecule has 1 spiro atoms. The van der Waals surface area contributed by atoms with Crippen LogP contribution in [0.3, 0.4) is 0 Å². The average Bonchev–Trinajstić information content (AvgIpc) is 3.14. The van der Waals surface area contributed by atoms with E-state index in [9.17, 15) is 4.79 Å². The van der Waals surface area contributed by atoms with Gasteiger partial charge < -0.3 is 10.1 Å². The summed E-state index contributed by atoms with van der Waals surface area (Å²) < 4.78 is 5.88. The number of carbonyl (C=O) groups excluding carboxylic acids is 1. The summed E-state index contributed by atoms with van der Waals surface area (Å²) in [6.45, 7) is 2.33. The number of piperidine rings is 1. The Labute approximate surface area is 119 Å². The Morgan fingerprint density at radius 3 is 3.10 bits per heavy atom. The van der Waals surface area contributed by atoms with Crippen molar-refractivity contribution in [2.75, 3.05) is 13.1 Å². The zero-order valence-electron chi connectivity index (χ0n) is 11.8. The largest absolute Gasteiger partial charge is 0.448 e. The minimum Gasteiger partial charge on any atom is -0.448 e. The van der Waals surface area contributed by atoms with E-state index in [4.69, 9.17) is 4.74 Å². The first-order valence-electron chi connectivity index (χ1n) is 8.22. The van der Waals surface area contributed by atoms with Crippen LogP contribution in [0, 0.1) is 5.92 Å². The predicted molar refractivity (Wildman–Crippen MR) is 74.2 cm³/mol. The number of nitrogens with zero attached hydrogens (tertiary/aromatic N) is 1. The number of fused-ring (bicyclic) bond motifs is 2. The smallest absolute Gasteiger partial charge is 0.331 e. The fourth-order valence-electron chi connectivity index (χ4n) is 5.08. The highest BCUT2D eigenvalue weighted by Gasteiger charge is 2.72. The lowest BCUT2D eigenvalue weighted by molar-refractivity contribution is -0.205. The predicted octanol–water partition coefficient (Wildman–Crippen LogP) is 1.22. The van der Waals surface area contributed by atoms with Gasteiger partial charge in [-0.15, -0.1) is 0 Å². The maximum Gasteiger partial charge on any atom is 0.331 e. The van der Waals surface area contributed by atoms with E-state index in [2.05, 4.69) is 10.2 Å². The minimum absolute atomic E-state index is 0.101. The van der Waals surface area contributed by atoms with Gasteiger partial charge in [-0.05, 0) is 56.7 Å². The molecule has 3 heterocycles. The molecule has 0 aromatic carbocycles. The molecule has 3 aliphatic heterocycles. The Balaban J connectivity index is 1.44. The van der Waals surface area contributed by atoms with E-state index in [0.717, 1.165) is 18.9 Å². The summed E-state index contributed by atoms with van der Waals surface area (Å²) in [4.78, 5) is 14.4. The fraction of sp³-hybridized carbons (Fsp3) is 0.812. The lowest BCUT2D eigenvalue weighted by atomic mass is 9.70. The van der Waals surface area contributed by atoms with Crippen molar-refractivity contribution in [1.82, 2.24) is 10.2 Å². The van der Waals surface area contributed by atoms with Gasteiger partial charge in [0.1, 0.15) is 0 Å². The average molecular weight is 274 g/mol. The maximum atomic E-state index is 11.8. The van der Waals surface area contributed by atoms with Crippen LogP contribution in [-0.4, -0.2) is 47.7 Å². The second kappa shape index (κ2) is 3.86. The number of rotatable bonds is 3. The third-order valence-corrected chi connectivity index (χ3v) is 6.09. The highest BCUT2D eigenvalue weighted by atomic mass is 16.6. The van der Waals surface area contributed by atoms with Crippen LogP contribution in [0.25, 0.3) is 0 Å². The minimum atomic E-state index is -0.237. The summed E-state index contributed by atoms with van der Waals surface area (Å²) >= 11 is 0. The van der Waals surface area contributed by atoms with E-state index in [1.54, 1.807) is 6.08 Å². The SMILES string of the molecule is O=C1C=C2CC(NCC3CC3)[C@H]3N4CCCC[C@@H]4C23O1. The van der Waals surface area contributed by atoms with Crippen LogP contribution >= 0.6 is 0 Å². The van der Waals surface area contributed by atoms with Gasteiger partial charge in [-0.1, -0.05) is 6.42 Å². The molecule has 4 atom stereocenters.